The van der Waals surface area contributed by atoms with Gasteiger partial charge < -0.3 is 16.0 Å². The molecule has 4 atom stereocenters. The Morgan fingerprint density at radius 2 is 2.23 bits per heavy atom. The molecule has 1 aliphatic carbocycles. The summed E-state index contributed by atoms with van der Waals surface area (Å²) in [7, 11) is 2.05. The number of aliphatic imine (C=N–C) groups is 1. The van der Waals surface area contributed by atoms with Crippen LogP contribution in [0.15, 0.2) is 4.99 Å². The van der Waals surface area contributed by atoms with Crippen molar-refractivity contribution < 1.29 is 0 Å². The molecule has 4 N–H and O–H groups in total. The van der Waals surface area contributed by atoms with E-state index in [0.717, 1.165) is 43.5 Å². The van der Waals surface area contributed by atoms with Crippen LogP contribution in [0.1, 0.15) is 46.0 Å². The lowest BCUT2D eigenvalue weighted by Gasteiger charge is -2.32. The molecule has 2 rings (SSSR count). The topological polar surface area (TPSA) is 77.5 Å². The van der Waals surface area contributed by atoms with Gasteiger partial charge in [0.05, 0.1) is 0 Å². The number of rotatable bonds is 7. The van der Waals surface area contributed by atoms with Crippen molar-refractivity contribution in [2.75, 3.05) is 26.7 Å². The molecule has 0 spiro atoms. The molecule has 2 aliphatic rings. The molecule has 1 saturated carbocycles. The highest BCUT2D eigenvalue weighted by molar-refractivity contribution is 5.95. The van der Waals surface area contributed by atoms with Gasteiger partial charge in [-0.3, -0.25) is 5.41 Å². The molecule has 0 aromatic carbocycles. The Morgan fingerprint density at radius 1 is 1.50 bits per heavy atom. The summed E-state index contributed by atoms with van der Waals surface area (Å²) in [5.74, 6) is 2.34. The maximum Gasteiger partial charge on any atom is 0.212 e. The number of hydrogen-bond donors (Lipinski definition) is 3. The second kappa shape index (κ2) is 8.06. The highest BCUT2D eigenvalue weighted by Gasteiger charge is 2.37. The lowest BCUT2D eigenvalue weighted by atomic mass is 9.96. The van der Waals surface area contributed by atoms with Gasteiger partial charge in [0, 0.05) is 24.8 Å². The molecule has 2 fully saturated rings. The van der Waals surface area contributed by atoms with Crippen molar-refractivity contribution in [1.29, 1.82) is 5.41 Å². The first-order valence-electron chi connectivity index (χ1n) is 8.79. The molecule has 22 heavy (non-hydrogen) atoms. The van der Waals surface area contributed by atoms with Crippen LogP contribution < -0.4 is 11.1 Å². The van der Waals surface area contributed by atoms with Crippen LogP contribution in [0.25, 0.3) is 0 Å². The lowest BCUT2D eigenvalue weighted by molar-refractivity contribution is 0.199. The molecule has 1 saturated heterocycles. The van der Waals surface area contributed by atoms with E-state index in [9.17, 15) is 0 Å². The number of nitrogens with one attached hydrogen (secondary N) is 2. The molecule has 0 aromatic rings. The number of likely N-dealkylation sites (N-methyl/N-ethyl adjacent to an activating group) is 1. The van der Waals surface area contributed by atoms with E-state index in [4.69, 9.17) is 11.1 Å². The SMILES string of the molecule is CNC1CCCN(CCC(C[C@@H](C)[C@@H]2C[C@@H]2C)=NC(=N)N)C1. The van der Waals surface area contributed by atoms with Gasteiger partial charge in [0.2, 0.25) is 5.96 Å². The van der Waals surface area contributed by atoms with E-state index in [0.29, 0.717) is 12.0 Å². The van der Waals surface area contributed by atoms with E-state index < -0.39 is 0 Å². The minimum absolute atomic E-state index is 0.0437. The maximum atomic E-state index is 7.48. The molecule has 0 radical (unpaired) electrons. The minimum atomic E-state index is -0.0437. The normalized spacial score (nSPS) is 31.0. The Hall–Kier alpha value is -0.940. The molecule has 0 amide bonds. The van der Waals surface area contributed by atoms with Gasteiger partial charge in [0.25, 0.3) is 0 Å². The molecule has 1 aliphatic heterocycles. The fourth-order valence-corrected chi connectivity index (χ4v) is 3.82. The predicted octanol–water partition coefficient (Wildman–Crippen LogP) is 2.08. The smallest absolute Gasteiger partial charge is 0.212 e. The van der Waals surface area contributed by atoms with Gasteiger partial charge in [-0.1, -0.05) is 13.8 Å². The summed E-state index contributed by atoms with van der Waals surface area (Å²) in [6.07, 6.45) is 5.84. The van der Waals surface area contributed by atoms with Gasteiger partial charge in [-0.05, 0) is 63.5 Å². The second-order valence-corrected chi connectivity index (χ2v) is 7.30. The van der Waals surface area contributed by atoms with Crippen LogP contribution in [0.5, 0.6) is 0 Å². The van der Waals surface area contributed by atoms with Crippen molar-refractivity contribution in [2.45, 2.75) is 52.0 Å². The number of nitrogens with zero attached hydrogens (tertiary/aromatic N) is 2. The van der Waals surface area contributed by atoms with Crippen molar-refractivity contribution in [2.24, 2.45) is 28.5 Å². The molecule has 126 valence electrons. The number of likely N-dealkylation sites (tertiary alicyclic amines) is 1. The molecule has 1 unspecified atom stereocenters. The highest BCUT2D eigenvalue weighted by atomic mass is 15.2. The highest BCUT2D eigenvalue weighted by Crippen LogP contribution is 2.45. The van der Waals surface area contributed by atoms with E-state index in [-0.39, 0.29) is 5.96 Å². The zero-order valence-electron chi connectivity index (χ0n) is 14.4. The van der Waals surface area contributed by atoms with Gasteiger partial charge in [0.15, 0.2) is 0 Å². The Labute approximate surface area is 135 Å². The molecular weight excluding hydrogens is 274 g/mol. The van der Waals surface area contributed by atoms with E-state index >= 15 is 0 Å². The number of nitrogens with two attached hydrogens (primary N) is 1. The first-order chi connectivity index (χ1) is 10.5. The Balaban J connectivity index is 1.83. The third kappa shape index (κ3) is 5.36. The lowest BCUT2D eigenvalue weighted by Crippen LogP contribution is -2.45. The number of piperidine rings is 1. The van der Waals surface area contributed by atoms with Crippen molar-refractivity contribution in [3.05, 3.63) is 0 Å². The fraction of sp³-hybridized carbons (Fsp3) is 0.882. The van der Waals surface area contributed by atoms with Gasteiger partial charge in [-0.25, -0.2) is 4.99 Å². The summed E-state index contributed by atoms with van der Waals surface area (Å²) in [6, 6.07) is 0.619. The Bertz CT molecular complexity index is 406. The average molecular weight is 307 g/mol. The first-order valence-corrected chi connectivity index (χ1v) is 8.79. The van der Waals surface area contributed by atoms with Crippen molar-refractivity contribution in [3.8, 4) is 0 Å². The third-order valence-corrected chi connectivity index (χ3v) is 5.37. The second-order valence-electron chi connectivity index (χ2n) is 7.30. The fourth-order valence-electron chi connectivity index (χ4n) is 3.82. The zero-order valence-corrected chi connectivity index (χ0v) is 14.4. The van der Waals surface area contributed by atoms with Crippen LogP contribution in [-0.4, -0.2) is 49.3 Å². The van der Waals surface area contributed by atoms with Crippen LogP contribution >= 0.6 is 0 Å². The van der Waals surface area contributed by atoms with E-state index in [2.05, 4.69) is 36.1 Å². The van der Waals surface area contributed by atoms with Crippen molar-refractivity contribution >= 4 is 11.7 Å². The number of guanidine groups is 1. The first kappa shape index (κ1) is 17.4. The number of hydrogen-bond acceptors (Lipinski definition) is 3. The van der Waals surface area contributed by atoms with Gasteiger partial charge >= 0.3 is 0 Å². The molecule has 0 bridgehead atoms. The van der Waals surface area contributed by atoms with Crippen LogP contribution in [0.2, 0.25) is 0 Å². The van der Waals surface area contributed by atoms with Gasteiger partial charge in [-0.2, -0.15) is 0 Å². The van der Waals surface area contributed by atoms with Crippen LogP contribution in [0, 0.1) is 23.2 Å². The van der Waals surface area contributed by atoms with E-state index in [1.54, 1.807) is 0 Å². The molecular formula is C17H33N5. The summed E-state index contributed by atoms with van der Waals surface area (Å²) < 4.78 is 0. The van der Waals surface area contributed by atoms with Crippen molar-refractivity contribution in [3.63, 3.8) is 0 Å². The summed E-state index contributed by atoms with van der Waals surface area (Å²) >= 11 is 0. The summed E-state index contributed by atoms with van der Waals surface area (Å²) in [4.78, 5) is 6.83. The van der Waals surface area contributed by atoms with Crippen LogP contribution in [0.4, 0.5) is 0 Å². The van der Waals surface area contributed by atoms with Gasteiger partial charge in [-0.15, -0.1) is 0 Å². The third-order valence-electron chi connectivity index (χ3n) is 5.37. The average Bonchev–Trinajstić information content (AvgIpc) is 3.21. The summed E-state index contributed by atoms with van der Waals surface area (Å²) in [5, 5.41) is 10.9. The molecule has 1 heterocycles. The predicted molar refractivity (Wildman–Crippen MR) is 93.5 cm³/mol. The monoisotopic (exact) mass is 307 g/mol. The standard InChI is InChI=1S/C17H33N5/c1-12(16-10-13(16)2)9-14(21-17(18)19)6-8-22-7-4-5-15(11-22)20-3/h12-13,15-16,20H,4-11H2,1-3H3,(H3,18,19)/t12-,13+,15?,16+/m1/s1. The zero-order chi connectivity index (χ0) is 16.1. The largest absolute Gasteiger partial charge is 0.368 e. The van der Waals surface area contributed by atoms with E-state index in [1.807, 2.05) is 0 Å². The van der Waals surface area contributed by atoms with Crippen molar-refractivity contribution in [1.82, 2.24) is 10.2 Å². The minimum Gasteiger partial charge on any atom is -0.368 e. The molecule has 0 aromatic heterocycles. The maximum absolute atomic E-state index is 7.48. The Kier molecular flexibility index (Phi) is 6.38. The van der Waals surface area contributed by atoms with E-state index in [1.165, 1.54) is 25.8 Å². The molecule has 5 heteroatoms. The summed E-state index contributed by atoms with van der Waals surface area (Å²) in [6.45, 7) is 7.99. The Morgan fingerprint density at radius 3 is 2.82 bits per heavy atom. The quantitative estimate of drug-likeness (QED) is 0.498. The van der Waals surface area contributed by atoms with Gasteiger partial charge in [0.1, 0.15) is 0 Å². The van der Waals surface area contributed by atoms with Crippen LogP contribution in [0.3, 0.4) is 0 Å². The molecule has 5 nitrogen and oxygen atoms in total. The van der Waals surface area contributed by atoms with Crippen LogP contribution in [-0.2, 0) is 0 Å². The summed E-state index contributed by atoms with van der Waals surface area (Å²) in [5.41, 5.74) is 6.63.